The number of nitrogens with one attached hydrogen (secondary N) is 3. The van der Waals surface area contributed by atoms with Crippen LogP contribution in [0.25, 0.3) is 0 Å². The molecule has 6 fully saturated rings. The zero-order valence-corrected chi connectivity index (χ0v) is 41.1. The lowest BCUT2D eigenvalue weighted by Gasteiger charge is -2.36. The Labute approximate surface area is 405 Å². The van der Waals surface area contributed by atoms with E-state index in [0.717, 1.165) is 101 Å². The summed E-state index contributed by atoms with van der Waals surface area (Å²) in [7, 11) is 0. The molecule has 3 atom stereocenters. The van der Waals surface area contributed by atoms with Gasteiger partial charge in [-0.2, -0.15) is 0 Å². The van der Waals surface area contributed by atoms with Crippen molar-refractivity contribution in [2.45, 2.75) is 128 Å². The van der Waals surface area contributed by atoms with Gasteiger partial charge in [0.1, 0.15) is 28.7 Å². The van der Waals surface area contributed by atoms with Gasteiger partial charge in [-0.05, 0) is 95.7 Å². The van der Waals surface area contributed by atoms with Crippen molar-refractivity contribution in [1.82, 2.24) is 30.1 Å². The molecule has 9 heterocycles. The first kappa shape index (κ1) is 53.7. The Morgan fingerprint density at radius 3 is 1.35 bits per heavy atom. The number of hydrogen-bond acceptors (Lipinski definition) is 18. The molecule has 69 heavy (non-hydrogen) atoms. The van der Waals surface area contributed by atoms with Crippen molar-refractivity contribution >= 4 is 29.6 Å². The summed E-state index contributed by atoms with van der Waals surface area (Å²) in [4.78, 5) is 41.4. The summed E-state index contributed by atoms with van der Waals surface area (Å²) in [6.45, 7) is 20.9. The zero-order valence-electron chi connectivity index (χ0n) is 41.1. The molecule has 9 N–H and O–H groups in total. The topological polar surface area (TPSA) is 268 Å². The molecule has 2 amide bonds. The number of carbonyl (C=O) groups is 2. The van der Waals surface area contributed by atoms with Gasteiger partial charge in [0.2, 0.25) is 0 Å². The Balaban J connectivity index is 0.000000163. The van der Waals surface area contributed by atoms with E-state index in [9.17, 15) is 24.9 Å². The van der Waals surface area contributed by atoms with Gasteiger partial charge in [0, 0.05) is 89.9 Å². The van der Waals surface area contributed by atoms with Gasteiger partial charge in [0.25, 0.3) is 0 Å². The second kappa shape index (κ2) is 25.0. The van der Waals surface area contributed by atoms with Crippen LogP contribution < -0.4 is 21.7 Å². The summed E-state index contributed by atoms with van der Waals surface area (Å²) >= 11 is 0. The normalized spacial score (nSPS) is 22.0. The molecular formula is C49H75N9O11. The number of aliphatic hydroxyl groups excluding tert-OH is 4. The number of likely N-dealkylation sites (tertiary alicyclic amines) is 2. The number of amides is 2. The number of nitrogens with zero attached hydrogens (tertiary/aromatic N) is 5. The Morgan fingerprint density at radius 2 is 1.01 bits per heavy atom. The monoisotopic (exact) mass is 966 g/mol. The third kappa shape index (κ3) is 17.3. The van der Waals surface area contributed by atoms with E-state index in [0.29, 0.717) is 67.8 Å². The highest BCUT2D eigenvalue weighted by Gasteiger charge is 2.30. The number of nitrogens with two attached hydrogens (primary N) is 1. The third-order valence-corrected chi connectivity index (χ3v) is 11.9. The number of β-amino-alcohol motifs (C(OH)–C–C–N with tert-alkyl or cyclic N) is 3. The molecule has 0 bridgehead atoms. The lowest BCUT2D eigenvalue weighted by atomic mass is 9.96. The van der Waals surface area contributed by atoms with Crippen molar-refractivity contribution in [3.8, 4) is 0 Å². The van der Waals surface area contributed by atoms with Gasteiger partial charge < -0.3 is 55.2 Å². The molecule has 382 valence electrons. The van der Waals surface area contributed by atoms with Crippen molar-refractivity contribution in [2.75, 3.05) is 95.3 Å². The fourth-order valence-electron chi connectivity index (χ4n) is 8.38. The maximum absolute atomic E-state index is 12.0. The number of hydrogen-bond donors (Lipinski definition) is 8. The van der Waals surface area contributed by atoms with E-state index in [1.54, 1.807) is 26.8 Å². The Hall–Kier alpha value is -4.61. The summed E-state index contributed by atoms with van der Waals surface area (Å²) in [5.41, 5.74) is 10.6. The molecular weight excluding hydrogens is 891 g/mol. The molecule has 0 spiro atoms. The quantitative estimate of drug-likeness (QED) is 0.143. The Morgan fingerprint density at radius 1 is 0.638 bits per heavy atom. The largest absolute Gasteiger partial charge is 0.444 e. The predicted molar refractivity (Wildman–Crippen MR) is 259 cm³/mol. The van der Waals surface area contributed by atoms with E-state index >= 15 is 0 Å². The molecule has 0 aromatic carbocycles. The molecule has 6 aliphatic heterocycles. The van der Waals surface area contributed by atoms with Crippen molar-refractivity contribution in [2.24, 2.45) is 0 Å². The van der Waals surface area contributed by atoms with E-state index < -0.39 is 23.4 Å². The molecule has 0 aliphatic carbocycles. The molecule has 0 radical (unpaired) electrons. The van der Waals surface area contributed by atoms with Crippen LogP contribution in [0.1, 0.15) is 112 Å². The standard InChI is InChI=1S/C18H27N3O4.C15H22N2O4.C13H19N3O2.C3H7NO/c1-18(2,3)25-17(23)20-16-5-4-14(12-6-7-24-11-12)15(19-16)10-21-8-13(22)9-21;1-15(2,3)21-14(19)17-13-5-4-11(12(8-18)16-13)10-6-7-20-9-10;14-13-2-1-11(9-3-4-18-8-9)12(15-13)7-16-5-10(17)6-16;5-3-1-4-2-3/h4-5,12-13,22H,6-11H2,1-3H3,(H,19,20,23);4-5,10,18H,6-9H2,1-3H3,(H,16,17,19);1-2,9-10,17H,3-8H2,(H2,14,15);3-5H,1-2H2. The third-order valence-electron chi connectivity index (χ3n) is 11.9. The summed E-state index contributed by atoms with van der Waals surface area (Å²) in [6.07, 6.45) is 1.42. The molecule has 6 saturated heterocycles. The van der Waals surface area contributed by atoms with Crippen LogP contribution in [0, 0.1) is 0 Å². The molecule has 6 aliphatic rings. The number of carbonyl (C=O) groups excluding carboxylic acids is 2. The van der Waals surface area contributed by atoms with Crippen LogP contribution in [0.5, 0.6) is 0 Å². The minimum Gasteiger partial charge on any atom is -0.444 e. The van der Waals surface area contributed by atoms with Crippen molar-refractivity contribution in [1.29, 1.82) is 0 Å². The summed E-state index contributed by atoms with van der Waals surface area (Å²) in [5.74, 6) is 2.46. The van der Waals surface area contributed by atoms with Crippen molar-refractivity contribution < 1.29 is 53.7 Å². The van der Waals surface area contributed by atoms with Crippen LogP contribution in [-0.4, -0.2) is 166 Å². The average Bonchev–Trinajstić information content (AvgIpc) is 4.07. The first-order valence-corrected chi connectivity index (χ1v) is 24.1. The van der Waals surface area contributed by atoms with Crippen molar-refractivity contribution in [3.05, 3.63) is 70.2 Å². The molecule has 9 rings (SSSR count). The van der Waals surface area contributed by atoms with Crippen LogP contribution in [0.3, 0.4) is 0 Å². The SMILES string of the molecule is CC(C)(C)OC(=O)Nc1ccc(C2CCOC2)c(CN2CC(O)C2)n1.CC(C)(C)OC(=O)Nc1ccc(C2CCOC2)c(CO)n1.Nc1ccc(C2CCOC2)c(CN2CC(O)C2)n1.OC1CNC1. The number of nitrogen functional groups attached to an aromatic ring is 1. The molecule has 0 saturated carbocycles. The average molecular weight is 966 g/mol. The maximum Gasteiger partial charge on any atom is 0.413 e. The number of anilines is 3. The number of pyridine rings is 3. The van der Waals surface area contributed by atoms with Gasteiger partial charge in [-0.25, -0.2) is 24.5 Å². The highest BCUT2D eigenvalue weighted by atomic mass is 16.6. The molecule has 20 nitrogen and oxygen atoms in total. The van der Waals surface area contributed by atoms with Crippen LogP contribution >= 0.6 is 0 Å². The fraction of sp³-hybridized carbons (Fsp3) is 0.653. The fourth-order valence-corrected chi connectivity index (χ4v) is 8.38. The van der Waals surface area contributed by atoms with Crippen LogP contribution in [0.4, 0.5) is 27.0 Å². The lowest BCUT2D eigenvalue weighted by Crippen LogP contribution is -2.50. The summed E-state index contributed by atoms with van der Waals surface area (Å²) in [5, 5.41) is 44.9. The van der Waals surface area contributed by atoms with Gasteiger partial charge >= 0.3 is 12.2 Å². The van der Waals surface area contributed by atoms with E-state index in [-0.39, 0.29) is 30.8 Å². The number of ether oxygens (including phenoxy) is 5. The Kier molecular flexibility index (Phi) is 19.5. The highest BCUT2D eigenvalue weighted by molar-refractivity contribution is 5.84. The highest BCUT2D eigenvalue weighted by Crippen LogP contribution is 2.32. The molecule has 3 aromatic rings. The van der Waals surface area contributed by atoms with E-state index in [1.165, 1.54) is 5.56 Å². The lowest BCUT2D eigenvalue weighted by molar-refractivity contribution is -0.00394. The van der Waals surface area contributed by atoms with Gasteiger partial charge in [0.05, 0.1) is 61.8 Å². The van der Waals surface area contributed by atoms with E-state index in [1.807, 2.05) is 45.0 Å². The number of aliphatic hydroxyl groups is 4. The zero-order chi connectivity index (χ0) is 49.7. The van der Waals surface area contributed by atoms with E-state index in [2.05, 4.69) is 46.8 Å². The molecule has 3 unspecified atom stereocenters. The molecule has 20 heteroatoms. The van der Waals surface area contributed by atoms with Gasteiger partial charge in [-0.1, -0.05) is 18.2 Å². The van der Waals surface area contributed by atoms with Gasteiger partial charge in [0.15, 0.2) is 0 Å². The maximum atomic E-state index is 12.0. The van der Waals surface area contributed by atoms with Gasteiger partial charge in [-0.15, -0.1) is 0 Å². The van der Waals surface area contributed by atoms with Gasteiger partial charge in [-0.3, -0.25) is 20.4 Å². The minimum atomic E-state index is -0.564. The second-order valence-electron chi connectivity index (χ2n) is 20.3. The van der Waals surface area contributed by atoms with Crippen LogP contribution in [0.15, 0.2) is 36.4 Å². The van der Waals surface area contributed by atoms with E-state index in [4.69, 9.17) is 34.5 Å². The van der Waals surface area contributed by atoms with Crippen LogP contribution in [-0.2, 0) is 43.4 Å². The first-order chi connectivity index (χ1) is 32.8. The van der Waals surface area contributed by atoms with Crippen molar-refractivity contribution in [3.63, 3.8) is 0 Å². The number of aromatic nitrogens is 3. The second-order valence-corrected chi connectivity index (χ2v) is 20.3. The summed E-state index contributed by atoms with van der Waals surface area (Å²) in [6, 6.07) is 11.4. The minimum absolute atomic E-state index is 0.0463. The molecule has 3 aromatic heterocycles. The Bertz CT molecular complexity index is 2100. The van der Waals surface area contributed by atoms with Crippen LogP contribution in [0.2, 0.25) is 0 Å². The smallest absolute Gasteiger partial charge is 0.413 e. The predicted octanol–water partition coefficient (Wildman–Crippen LogP) is 3.83. The first-order valence-electron chi connectivity index (χ1n) is 24.1. The summed E-state index contributed by atoms with van der Waals surface area (Å²) < 4.78 is 26.8. The number of rotatable bonds is 10.